The van der Waals surface area contributed by atoms with Gasteiger partial charge in [0, 0.05) is 32.7 Å². The third-order valence-corrected chi connectivity index (χ3v) is 2.62. The van der Waals surface area contributed by atoms with Crippen LogP contribution in [-0.4, -0.2) is 45.3 Å². The third-order valence-electron chi connectivity index (χ3n) is 2.62. The molecular weight excluding hydrogens is 178 g/mol. The van der Waals surface area contributed by atoms with E-state index >= 15 is 0 Å². The molecule has 78 valence electrons. The van der Waals surface area contributed by atoms with Crippen molar-refractivity contribution < 1.29 is 0 Å². The maximum absolute atomic E-state index is 4.09. The Balaban J connectivity index is 1.94. The minimum atomic E-state index is 0.581. The lowest BCUT2D eigenvalue weighted by atomic mass is 10.2. The Morgan fingerprint density at radius 2 is 2.50 bits per heavy atom. The second-order valence-corrected chi connectivity index (χ2v) is 3.95. The standard InChI is InChI=1S/C9H17N5/c1-8-5-14(4-3-10-8)6-9-12-11-7-13(9)2/h7-8,10H,3-6H2,1-2H3/t8-/m1/s1. The lowest BCUT2D eigenvalue weighted by molar-refractivity contribution is 0.193. The number of hydrogen-bond acceptors (Lipinski definition) is 4. The molecule has 0 bridgehead atoms. The molecule has 2 rings (SSSR count). The Hall–Kier alpha value is -0.940. The predicted molar refractivity (Wildman–Crippen MR) is 53.7 cm³/mol. The van der Waals surface area contributed by atoms with Crippen LogP contribution in [-0.2, 0) is 13.6 Å². The van der Waals surface area contributed by atoms with Crippen molar-refractivity contribution in [2.24, 2.45) is 7.05 Å². The number of aromatic nitrogens is 3. The van der Waals surface area contributed by atoms with E-state index in [1.165, 1.54) is 0 Å². The fourth-order valence-electron chi connectivity index (χ4n) is 1.81. The summed E-state index contributed by atoms with van der Waals surface area (Å²) >= 11 is 0. The maximum atomic E-state index is 4.09. The molecule has 1 atom stereocenters. The van der Waals surface area contributed by atoms with Crippen LogP contribution in [0, 0.1) is 0 Å². The zero-order valence-corrected chi connectivity index (χ0v) is 8.77. The van der Waals surface area contributed by atoms with E-state index in [4.69, 9.17) is 0 Å². The Kier molecular flexibility index (Phi) is 2.79. The van der Waals surface area contributed by atoms with E-state index in [2.05, 4.69) is 27.3 Å². The second-order valence-electron chi connectivity index (χ2n) is 3.95. The Bertz CT molecular complexity index is 295. The van der Waals surface area contributed by atoms with Gasteiger partial charge in [0.25, 0.3) is 0 Å². The van der Waals surface area contributed by atoms with E-state index in [0.29, 0.717) is 6.04 Å². The molecule has 0 amide bonds. The van der Waals surface area contributed by atoms with Crippen LogP contribution in [0.4, 0.5) is 0 Å². The molecule has 0 unspecified atom stereocenters. The number of piperazine rings is 1. The molecule has 14 heavy (non-hydrogen) atoms. The molecule has 1 N–H and O–H groups in total. The van der Waals surface area contributed by atoms with Crippen LogP contribution < -0.4 is 5.32 Å². The average molecular weight is 195 g/mol. The van der Waals surface area contributed by atoms with Crippen molar-refractivity contribution >= 4 is 0 Å². The lowest BCUT2D eigenvalue weighted by Crippen LogP contribution is -2.48. The van der Waals surface area contributed by atoms with E-state index in [1.807, 2.05) is 11.6 Å². The predicted octanol–water partition coefficient (Wildman–Crippen LogP) is -0.391. The van der Waals surface area contributed by atoms with Crippen LogP contribution >= 0.6 is 0 Å². The van der Waals surface area contributed by atoms with Gasteiger partial charge in [-0.05, 0) is 6.92 Å². The largest absolute Gasteiger partial charge is 0.320 e. The molecule has 1 saturated heterocycles. The first-order chi connectivity index (χ1) is 6.75. The van der Waals surface area contributed by atoms with Gasteiger partial charge in [-0.1, -0.05) is 0 Å². The fraction of sp³-hybridized carbons (Fsp3) is 0.778. The van der Waals surface area contributed by atoms with Gasteiger partial charge in [0.15, 0.2) is 0 Å². The van der Waals surface area contributed by atoms with Gasteiger partial charge in [0.2, 0.25) is 0 Å². The number of nitrogens with zero attached hydrogens (tertiary/aromatic N) is 4. The van der Waals surface area contributed by atoms with Gasteiger partial charge in [-0.2, -0.15) is 0 Å². The summed E-state index contributed by atoms with van der Waals surface area (Å²) < 4.78 is 1.98. The Morgan fingerprint density at radius 3 is 3.14 bits per heavy atom. The molecule has 1 fully saturated rings. The normalized spacial score (nSPS) is 24.0. The minimum absolute atomic E-state index is 0.581. The van der Waals surface area contributed by atoms with Crippen LogP contribution in [0.2, 0.25) is 0 Å². The van der Waals surface area contributed by atoms with E-state index < -0.39 is 0 Å². The van der Waals surface area contributed by atoms with Crippen molar-refractivity contribution in [3.63, 3.8) is 0 Å². The van der Waals surface area contributed by atoms with Gasteiger partial charge in [-0.15, -0.1) is 10.2 Å². The molecule has 1 aromatic rings. The molecule has 0 spiro atoms. The van der Waals surface area contributed by atoms with Crippen LogP contribution in [0.15, 0.2) is 6.33 Å². The van der Waals surface area contributed by atoms with E-state index in [1.54, 1.807) is 6.33 Å². The van der Waals surface area contributed by atoms with Crippen LogP contribution in [0.25, 0.3) is 0 Å². The molecule has 1 aromatic heterocycles. The van der Waals surface area contributed by atoms with Crippen LogP contribution in [0.5, 0.6) is 0 Å². The molecule has 5 heteroatoms. The fourth-order valence-corrected chi connectivity index (χ4v) is 1.81. The molecule has 0 aliphatic carbocycles. The van der Waals surface area contributed by atoms with Gasteiger partial charge in [-0.25, -0.2) is 0 Å². The highest BCUT2D eigenvalue weighted by molar-refractivity contribution is 4.86. The summed E-state index contributed by atoms with van der Waals surface area (Å²) in [7, 11) is 1.99. The van der Waals surface area contributed by atoms with Crippen LogP contribution in [0.3, 0.4) is 0 Å². The van der Waals surface area contributed by atoms with Crippen molar-refractivity contribution in [1.29, 1.82) is 0 Å². The monoisotopic (exact) mass is 195 g/mol. The van der Waals surface area contributed by atoms with Crippen molar-refractivity contribution in [3.8, 4) is 0 Å². The lowest BCUT2D eigenvalue weighted by Gasteiger charge is -2.31. The highest BCUT2D eigenvalue weighted by atomic mass is 15.3. The molecular formula is C9H17N5. The quantitative estimate of drug-likeness (QED) is 0.698. The minimum Gasteiger partial charge on any atom is -0.320 e. The summed E-state index contributed by atoms with van der Waals surface area (Å²) in [6, 6.07) is 0.581. The van der Waals surface area contributed by atoms with Gasteiger partial charge >= 0.3 is 0 Å². The third kappa shape index (κ3) is 2.10. The van der Waals surface area contributed by atoms with Gasteiger partial charge < -0.3 is 9.88 Å². The summed E-state index contributed by atoms with van der Waals surface area (Å²) in [6.07, 6.45) is 1.75. The second kappa shape index (κ2) is 4.06. The highest BCUT2D eigenvalue weighted by Gasteiger charge is 2.16. The van der Waals surface area contributed by atoms with Gasteiger partial charge in [0.1, 0.15) is 12.2 Å². The van der Waals surface area contributed by atoms with Crippen LogP contribution in [0.1, 0.15) is 12.7 Å². The van der Waals surface area contributed by atoms with E-state index in [9.17, 15) is 0 Å². The number of aryl methyl sites for hydroxylation is 1. The van der Waals surface area contributed by atoms with Crippen molar-refractivity contribution in [2.75, 3.05) is 19.6 Å². The molecule has 0 radical (unpaired) electrons. The molecule has 1 aliphatic heterocycles. The van der Waals surface area contributed by atoms with Crippen molar-refractivity contribution in [2.45, 2.75) is 19.5 Å². The van der Waals surface area contributed by atoms with Gasteiger partial charge in [-0.3, -0.25) is 4.90 Å². The van der Waals surface area contributed by atoms with Crippen molar-refractivity contribution in [1.82, 2.24) is 25.0 Å². The first-order valence-corrected chi connectivity index (χ1v) is 5.04. The van der Waals surface area contributed by atoms with E-state index in [0.717, 1.165) is 32.0 Å². The summed E-state index contributed by atoms with van der Waals surface area (Å²) in [5.41, 5.74) is 0. The Labute approximate surface area is 84.1 Å². The summed E-state index contributed by atoms with van der Waals surface area (Å²) in [6.45, 7) is 6.37. The zero-order chi connectivity index (χ0) is 9.97. The topological polar surface area (TPSA) is 46.0 Å². The first kappa shape index (κ1) is 9.61. The summed E-state index contributed by atoms with van der Waals surface area (Å²) in [5, 5.41) is 11.4. The molecule has 0 aromatic carbocycles. The van der Waals surface area contributed by atoms with Crippen molar-refractivity contribution in [3.05, 3.63) is 12.2 Å². The SMILES string of the molecule is C[C@@H]1CN(Cc2nncn2C)CCN1. The highest BCUT2D eigenvalue weighted by Crippen LogP contribution is 2.03. The molecule has 1 aliphatic rings. The summed E-state index contributed by atoms with van der Waals surface area (Å²) in [5.74, 6) is 1.04. The summed E-state index contributed by atoms with van der Waals surface area (Å²) in [4.78, 5) is 2.41. The average Bonchev–Trinajstić information content (AvgIpc) is 2.52. The van der Waals surface area contributed by atoms with E-state index in [-0.39, 0.29) is 0 Å². The maximum Gasteiger partial charge on any atom is 0.146 e. The number of rotatable bonds is 2. The molecule has 0 saturated carbocycles. The zero-order valence-electron chi connectivity index (χ0n) is 8.77. The smallest absolute Gasteiger partial charge is 0.146 e. The number of hydrogen-bond donors (Lipinski definition) is 1. The van der Waals surface area contributed by atoms with Gasteiger partial charge in [0.05, 0.1) is 6.54 Å². The molecule has 2 heterocycles. The first-order valence-electron chi connectivity index (χ1n) is 5.04. The Morgan fingerprint density at radius 1 is 1.64 bits per heavy atom. The number of nitrogens with one attached hydrogen (secondary N) is 1. The molecule has 5 nitrogen and oxygen atoms in total.